The van der Waals surface area contributed by atoms with Gasteiger partial charge in [0.15, 0.2) is 0 Å². The average molecular weight is 335 g/mol. The summed E-state index contributed by atoms with van der Waals surface area (Å²) in [6, 6.07) is 11.4. The molecule has 0 aliphatic carbocycles. The van der Waals surface area contributed by atoms with Crippen LogP contribution < -0.4 is 14.8 Å². The number of benzene rings is 1. The standard InChI is InChI=1S/C16H21N3O3S/c1-3-23(20,21)19-14-6-9-16(18-12-14)17-11-10-13-4-7-15(22-2)8-5-13/h4-9,12,19H,3,10-11H2,1-2H3,(H,17,18). The van der Waals surface area contributed by atoms with E-state index in [1.54, 1.807) is 26.2 Å². The lowest BCUT2D eigenvalue weighted by Crippen LogP contribution is -2.14. The molecule has 7 heteroatoms. The number of sulfonamides is 1. The fourth-order valence-corrected chi connectivity index (χ4v) is 2.56. The minimum Gasteiger partial charge on any atom is -0.497 e. The van der Waals surface area contributed by atoms with E-state index in [0.29, 0.717) is 11.5 Å². The highest BCUT2D eigenvalue weighted by atomic mass is 32.2. The summed E-state index contributed by atoms with van der Waals surface area (Å²) in [7, 11) is -1.62. The molecule has 0 saturated heterocycles. The number of aromatic nitrogens is 1. The van der Waals surface area contributed by atoms with Gasteiger partial charge < -0.3 is 10.1 Å². The highest BCUT2D eigenvalue weighted by Gasteiger charge is 2.06. The number of methoxy groups -OCH3 is 1. The Hall–Kier alpha value is -2.28. The summed E-state index contributed by atoms with van der Waals surface area (Å²) in [4.78, 5) is 4.20. The summed E-state index contributed by atoms with van der Waals surface area (Å²) in [5, 5.41) is 3.21. The van der Waals surface area contributed by atoms with E-state index in [0.717, 1.165) is 18.7 Å². The van der Waals surface area contributed by atoms with Crippen LogP contribution in [-0.2, 0) is 16.4 Å². The molecule has 2 rings (SSSR count). The molecule has 0 bridgehead atoms. The first-order chi connectivity index (χ1) is 11.0. The van der Waals surface area contributed by atoms with Gasteiger partial charge in [-0.2, -0.15) is 0 Å². The summed E-state index contributed by atoms with van der Waals surface area (Å²) >= 11 is 0. The van der Waals surface area contributed by atoms with Crippen molar-refractivity contribution in [3.63, 3.8) is 0 Å². The van der Waals surface area contributed by atoms with E-state index >= 15 is 0 Å². The second-order valence-corrected chi connectivity index (χ2v) is 6.97. The molecule has 1 heterocycles. The van der Waals surface area contributed by atoms with E-state index < -0.39 is 10.0 Å². The van der Waals surface area contributed by atoms with E-state index in [9.17, 15) is 8.42 Å². The Morgan fingerprint density at radius 2 is 1.87 bits per heavy atom. The highest BCUT2D eigenvalue weighted by molar-refractivity contribution is 7.92. The molecular formula is C16H21N3O3S. The summed E-state index contributed by atoms with van der Waals surface area (Å²) in [6.07, 6.45) is 2.36. The fourth-order valence-electron chi connectivity index (χ4n) is 1.94. The first kappa shape index (κ1) is 17.1. The number of anilines is 2. The molecule has 0 fully saturated rings. The van der Waals surface area contributed by atoms with Crippen molar-refractivity contribution in [2.24, 2.45) is 0 Å². The number of hydrogen-bond acceptors (Lipinski definition) is 5. The monoisotopic (exact) mass is 335 g/mol. The lowest BCUT2D eigenvalue weighted by atomic mass is 10.1. The van der Waals surface area contributed by atoms with Gasteiger partial charge in [-0.3, -0.25) is 4.72 Å². The maximum atomic E-state index is 11.5. The first-order valence-corrected chi connectivity index (χ1v) is 9.01. The maximum absolute atomic E-state index is 11.5. The Labute approximate surface area is 137 Å². The zero-order chi connectivity index (χ0) is 16.7. The van der Waals surface area contributed by atoms with Gasteiger partial charge in [-0.1, -0.05) is 12.1 Å². The van der Waals surface area contributed by atoms with Crippen molar-refractivity contribution in [2.75, 3.05) is 29.4 Å². The van der Waals surface area contributed by atoms with Crippen LogP contribution in [0.5, 0.6) is 5.75 Å². The zero-order valence-corrected chi connectivity index (χ0v) is 14.1. The van der Waals surface area contributed by atoms with Crippen molar-refractivity contribution >= 4 is 21.5 Å². The summed E-state index contributed by atoms with van der Waals surface area (Å²) in [5.74, 6) is 1.58. The van der Waals surface area contributed by atoms with Gasteiger partial charge >= 0.3 is 0 Å². The van der Waals surface area contributed by atoms with Crippen LogP contribution in [0.2, 0.25) is 0 Å². The SMILES string of the molecule is CCS(=O)(=O)Nc1ccc(NCCc2ccc(OC)cc2)nc1. The van der Waals surface area contributed by atoms with E-state index in [2.05, 4.69) is 15.0 Å². The second-order valence-electron chi connectivity index (χ2n) is 4.96. The molecule has 0 radical (unpaired) electrons. The van der Waals surface area contributed by atoms with Crippen molar-refractivity contribution < 1.29 is 13.2 Å². The van der Waals surface area contributed by atoms with Gasteiger partial charge in [0, 0.05) is 6.54 Å². The minimum atomic E-state index is -3.26. The van der Waals surface area contributed by atoms with Gasteiger partial charge in [-0.25, -0.2) is 13.4 Å². The van der Waals surface area contributed by atoms with Crippen molar-refractivity contribution in [1.29, 1.82) is 0 Å². The Morgan fingerprint density at radius 3 is 2.43 bits per heavy atom. The van der Waals surface area contributed by atoms with Gasteiger partial charge in [0.2, 0.25) is 10.0 Å². The van der Waals surface area contributed by atoms with E-state index in [-0.39, 0.29) is 5.75 Å². The minimum absolute atomic E-state index is 0.0366. The van der Waals surface area contributed by atoms with Crippen LogP contribution in [-0.4, -0.2) is 32.8 Å². The third-order valence-electron chi connectivity index (χ3n) is 3.30. The van der Waals surface area contributed by atoms with Crippen molar-refractivity contribution in [2.45, 2.75) is 13.3 Å². The predicted molar refractivity (Wildman–Crippen MR) is 92.5 cm³/mol. The molecule has 0 spiro atoms. The molecule has 0 aliphatic rings. The molecule has 1 aromatic heterocycles. The number of nitrogens with zero attached hydrogens (tertiary/aromatic N) is 1. The third-order valence-corrected chi connectivity index (χ3v) is 4.60. The maximum Gasteiger partial charge on any atom is 0.232 e. The summed E-state index contributed by atoms with van der Waals surface area (Å²) < 4.78 is 30.5. The molecule has 0 atom stereocenters. The van der Waals surface area contributed by atoms with Crippen molar-refractivity contribution in [3.8, 4) is 5.75 Å². The number of nitrogens with one attached hydrogen (secondary N) is 2. The molecule has 2 aromatic rings. The molecular weight excluding hydrogens is 314 g/mol. The molecule has 0 unspecified atom stereocenters. The second kappa shape index (κ2) is 7.82. The fraction of sp³-hybridized carbons (Fsp3) is 0.312. The van der Waals surface area contributed by atoms with Gasteiger partial charge in [0.05, 0.1) is 24.7 Å². The van der Waals surface area contributed by atoms with Crippen LogP contribution in [0, 0.1) is 0 Å². The van der Waals surface area contributed by atoms with E-state index in [4.69, 9.17) is 4.74 Å². The van der Waals surface area contributed by atoms with E-state index in [1.807, 2.05) is 24.3 Å². The molecule has 6 nitrogen and oxygen atoms in total. The van der Waals surface area contributed by atoms with Gasteiger partial charge in [0.25, 0.3) is 0 Å². The summed E-state index contributed by atoms with van der Waals surface area (Å²) in [5.41, 5.74) is 1.66. The van der Waals surface area contributed by atoms with Crippen molar-refractivity contribution in [1.82, 2.24) is 4.98 Å². The predicted octanol–water partition coefficient (Wildman–Crippen LogP) is 2.51. The molecule has 0 amide bonds. The molecule has 2 N–H and O–H groups in total. The Balaban J connectivity index is 1.84. The normalized spacial score (nSPS) is 11.0. The molecule has 1 aromatic carbocycles. The Kier molecular flexibility index (Phi) is 5.81. The lowest BCUT2D eigenvalue weighted by Gasteiger charge is -2.08. The van der Waals surface area contributed by atoms with Gasteiger partial charge in [-0.05, 0) is 43.2 Å². The van der Waals surface area contributed by atoms with Crippen LogP contribution >= 0.6 is 0 Å². The van der Waals surface area contributed by atoms with Crippen LogP contribution in [0.3, 0.4) is 0 Å². The first-order valence-electron chi connectivity index (χ1n) is 7.36. The lowest BCUT2D eigenvalue weighted by molar-refractivity contribution is 0.414. The smallest absolute Gasteiger partial charge is 0.232 e. The van der Waals surface area contributed by atoms with E-state index in [1.165, 1.54) is 11.8 Å². The molecule has 23 heavy (non-hydrogen) atoms. The number of ether oxygens (including phenoxy) is 1. The number of hydrogen-bond donors (Lipinski definition) is 2. The van der Waals surface area contributed by atoms with Gasteiger partial charge in [-0.15, -0.1) is 0 Å². The zero-order valence-electron chi connectivity index (χ0n) is 13.2. The van der Waals surface area contributed by atoms with Crippen LogP contribution in [0.4, 0.5) is 11.5 Å². The van der Waals surface area contributed by atoms with Gasteiger partial charge in [0.1, 0.15) is 11.6 Å². The summed E-state index contributed by atoms with van der Waals surface area (Å²) in [6.45, 7) is 2.32. The third kappa shape index (κ3) is 5.45. The quantitative estimate of drug-likeness (QED) is 0.775. The molecule has 124 valence electrons. The Bertz CT molecular complexity index is 713. The van der Waals surface area contributed by atoms with Crippen LogP contribution in [0.25, 0.3) is 0 Å². The number of rotatable bonds is 8. The van der Waals surface area contributed by atoms with Crippen molar-refractivity contribution in [3.05, 3.63) is 48.2 Å². The number of pyridine rings is 1. The largest absolute Gasteiger partial charge is 0.497 e. The average Bonchev–Trinajstić information content (AvgIpc) is 2.57. The van der Waals surface area contributed by atoms with Crippen LogP contribution in [0.15, 0.2) is 42.6 Å². The highest BCUT2D eigenvalue weighted by Crippen LogP contribution is 2.13. The topological polar surface area (TPSA) is 80.3 Å². The Morgan fingerprint density at radius 1 is 1.13 bits per heavy atom. The van der Waals surface area contributed by atoms with Crippen LogP contribution in [0.1, 0.15) is 12.5 Å². The molecule has 0 aliphatic heterocycles. The molecule has 0 saturated carbocycles.